The molecule has 0 aromatic carbocycles. The minimum atomic E-state index is 1.23. The number of aromatic nitrogens is 2. The SMILES string of the molecule is CCCCCCCCCCCCCCCC[n+]1ccn(CCCCCCCCCC)c1CCCCCC. The van der Waals surface area contributed by atoms with Crippen LogP contribution >= 0.6 is 0 Å². The molecule has 218 valence electrons. The quantitative estimate of drug-likeness (QED) is 0.0737. The highest BCUT2D eigenvalue weighted by atomic mass is 15.1. The Kier molecular flexibility index (Phi) is 24.8. The van der Waals surface area contributed by atoms with Crippen LogP contribution in [0.4, 0.5) is 0 Å². The molecule has 2 heteroatoms. The monoisotopic (exact) mass is 518 g/mol. The molecule has 1 aromatic heterocycles. The Labute approximate surface area is 234 Å². The summed E-state index contributed by atoms with van der Waals surface area (Å²) in [5.41, 5.74) is 0. The standard InChI is InChI=1S/C35H69N2/c1-4-7-10-13-15-17-18-19-20-21-22-24-26-29-32-37-34-33-36(35(37)30-27-12-9-6-3)31-28-25-23-16-14-11-8-5-2/h33-34H,4-32H2,1-3H3/q+1. The number of nitrogens with zero attached hydrogens (tertiary/aromatic N) is 2. The molecular weight excluding hydrogens is 448 g/mol. The van der Waals surface area contributed by atoms with E-state index in [-0.39, 0.29) is 0 Å². The van der Waals surface area contributed by atoms with Gasteiger partial charge in [-0.3, -0.25) is 0 Å². The topological polar surface area (TPSA) is 8.81 Å². The molecular formula is C35H69N2+. The van der Waals surface area contributed by atoms with E-state index in [2.05, 4.69) is 42.3 Å². The summed E-state index contributed by atoms with van der Waals surface area (Å²) in [7, 11) is 0. The molecule has 0 N–H and O–H groups in total. The molecule has 0 spiro atoms. The first-order valence-electron chi connectivity index (χ1n) is 17.4. The molecule has 0 amide bonds. The van der Waals surface area contributed by atoms with Gasteiger partial charge in [-0.15, -0.1) is 0 Å². The molecule has 0 radical (unpaired) electrons. The molecule has 1 heterocycles. The average molecular weight is 518 g/mol. The van der Waals surface area contributed by atoms with E-state index >= 15 is 0 Å². The number of imidazole rings is 1. The molecule has 0 unspecified atom stereocenters. The normalized spacial score (nSPS) is 11.5. The highest BCUT2D eigenvalue weighted by molar-refractivity contribution is 4.84. The van der Waals surface area contributed by atoms with Gasteiger partial charge in [-0.2, -0.15) is 0 Å². The highest BCUT2D eigenvalue weighted by Crippen LogP contribution is 2.14. The lowest BCUT2D eigenvalue weighted by Gasteiger charge is -2.07. The Morgan fingerprint density at radius 3 is 1.30 bits per heavy atom. The molecule has 1 rings (SSSR count). The molecule has 0 saturated heterocycles. The van der Waals surface area contributed by atoms with E-state index in [0.29, 0.717) is 0 Å². The van der Waals surface area contributed by atoms with Gasteiger partial charge >= 0.3 is 0 Å². The molecule has 1 aromatic rings. The van der Waals surface area contributed by atoms with E-state index in [0.717, 1.165) is 0 Å². The summed E-state index contributed by atoms with van der Waals surface area (Å²) in [6, 6.07) is 0. The third kappa shape index (κ3) is 19.9. The largest absolute Gasteiger partial charge is 0.256 e. The lowest BCUT2D eigenvalue weighted by molar-refractivity contribution is -0.704. The molecule has 37 heavy (non-hydrogen) atoms. The van der Waals surface area contributed by atoms with E-state index in [1.54, 1.807) is 5.82 Å². The maximum absolute atomic E-state index is 2.61. The summed E-state index contributed by atoms with van der Waals surface area (Å²) in [5, 5.41) is 0. The first-order valence-corrected chi connectivity index (χ1v) is 17.4. The van der Waals surface area contributed by atoms with Crippen LogP contribution in [0, 0.1) is 0 Å². The van der Waals surface area contributed by atoms with E-state index < -0.39 is 0 Å². The Morgan fingerprint density at radius 2 is 0.838 bits per heavy atom. The second kappa shape index (κ2) is 26.8. The number of aryl methyl sites for hydroxylation is 2. The molecule has 0 fully saturated rings. The molecule has 0 saturated carbocycles. The fourth-order valence-corrected chi connectivity index (χ4v) is 5.80. The van der Waals surface area contributed by atoms with Gasteiger partial charge in [0.15, 0.2) is 0 Å². The molecule has 0 aliphatic carbocycles. The highest BCUT2D eigenvalue weighted by Gasteiger charge is 2.16. The minimum absolute atomic E-state index is 1.23. The van der Waals surface area contributed by atoms with Crippen molar-refractivity contribution < 1.29 is 4.57 Å². The van der Waals surface area contributed by atoms with E-state index in [9.17, 15) is 0 Å². The van der Waals surface area contributed by atoms with Crippen molar-refractivity contribution in [1.82, 2.24) is 4.57 Å². The molecule has 2 nitrogen and oxygen atoms in total. The fourth-order valence-electron chi connectivity index (χ4n) is 5.80. The van der Waals surface area contributed by atoms with Crippen molar-refractivity contribution in [2.75, 3.05) is 0 Å². The van der Waals surface area contributed by atoms with Crippen molar-refractivity contribution in [3.8, 4) is 0 Å². The van der Waals surface area contributed by atoms with Crippen LogP contribution in [0.5, 0.6) is 0 Å². The summed E-state index contributed by atoms with van der Waals surface area (Å²) in [4.78, 5) is 0. The van der Waals surface area contributed by atoms with Gasteiger partial charge in [-0.25, -0.2) is 9.13 Å². The van der Waals surface area contributed by atoms with Gasteiger partial charge < -0.3 is 0 Å². The Morgan fingerprint density at radius 1 is 0.459 bits per heavy atom. The van der Waals surface area contributed by atoms with Crippen LogP contribution in [-0.2, 0) is 19.5 Å². The predicted octanol–water partition coefficient (Wildman–Crippen LogP) is 11.5. The maximum atomic E-state index is 2.61. The first-order chi connectivity index (χ1) is 18.3. The number of unbranched alkanes of at least 4 members (excludes halogenated alkanes) is 23. The lowest BCUT2D eigenvalue weighted by Crippen LogP contribution is -2.37. The van der Waals surface area contributed by atoms with Crippen molar-refractivity contribution in [2.24, 2.45) is 0 Å². The van der Waals surface area contributed by atoms with E-state index in [1.165, 1.54) is 186 Å². The Balaban J connectivity index is 2.19. The predicted molar refractivity (Wildman–Crippen MR) is 165 cm³/mol. The zero-order chi connectivity index (χ0) is 26.7. The van der Waals surface area contributed by atoms with Gasteiger partial charge in [-0.1, -0.05) is 156 Å². The third-order valence-electron chi connectivity index (χ3n) is 8.35. The van der Waals surface area contributed by atoms with Gasteiger partial charge in [0, 0.05) is 6.42 Å². The van der Waals surface area contributed by atoms with Gasteiger partial charge in [0.1, 0.15) is 12.4 Å². The van der Waals surface area contributed by atoms with Crippen LogP contribution in [0.25, 0.3) is 0 Å². The summed E-state index contributed by atoms with van der Waals surface area (Å²) in [5.74, 6) is 1.61. The maximum Gasteiger partial charge on any atom is 0.256 e. The van der Waals surface area contributed by atoms with Crippen LogP contribution in [0.3, 0.4) is 0 Å². The van der Waals surface area contributed by atoms with Crippen molar-refractivity contribution in [1.29, 1.82) is 0 Å². The summed E-state index contributed by atoms with van der Waals surface area (Å²) in [6.45, 7) is 9.39. The Hall–Kier alpha value is -0.790. The van der Waals surface area contributed by atoms with Gasteiger partial charge in [0.2, 0.25) is 0 Å². The van der Waals surface area contributed by atoms with Gasteiger partial charge in [0.25, 0.3) is 5.82 Å². The zero-order valence-electron chi connectivity index (χ0n) is 26.1. The van der Waals surface area contributed by atoms with Crippen molar-refractivity contribution in [3.05, 3.63) is 18.2 Å². The summed E-state index contributed by atoms with van der Waals surface area (Å²) < 4.78 is 5.21. The van der Waals surface area contributed by atoms with Gasteiger partial charge in [-0.05, 0) is 32.1 Å². The van der Waals surface area contributed by atoms with Crippen LogP contribution in [0.2, 0.25) is 0 Å². The number of rotatable bonds is 29. The fraction of sp³-hybridized carbons (Fsp3) is 0.914. The summed E-state index contributed by atoms with van der Waals surface area (Å²) in [6.07, 6.45) is 43.0. The molecule has 0 bridgehead atoms. The zero-order valence-corrected chi connectivity index (χ0v) is 26.1. The average Bonchev–Trinajstić information content (AvgIpc) is 3.29. The minimum Gasteiger partial charge on any atom is -0.234 e. The third-order valence-corrected chi connectivity index (χ3v) is 8.35. The molecule has 0 aliphatic rings. The van der Waals surface area contributed by atoms with E-state index in [1.807, 2.05) is 0 Å². The first kappa shape index (κ1) is 34.2. The van der Waals surface area contributed by atoms with Crippen LogP contribution < -0.4 is 4.57 Å². The van der Waals surface area contributed by atoms with Crippen molar-refractivity contribution in [3.63, 3.8) is 0 Å². The number of hydrogen-bond donors (Lipinski definition) is 0. The van der Waals surface area contributed by atoms with Crippen LogP contribution in [0.15, 0.2) is 12.4 Å². The summed E-state index contributed by atoms with van der Waals surface area (Å²) >= 11 is 0. The van der Waals surface area contributed by atoms with E-state index in [4.69, 9.17) is 0 Å². The van der Waals surface area contributed by atoms with Crippen molar-refractivity contribution >= 4 is 0 Å². The number of hydrogen-bond acceptors (Lipinski definition) is 0. The van der Waals surface area contributed by atoms with Crippen LogP contribution in [0.1, 0.15) is 194 Å². The smallest absolute Gasteiger partial charge is 0.234 e. The van der Waals surface area contributed by atoms with Crippen LogP contribution in [-0.4, -0.2) is 4.57 Å². The lowest BCUT2D eigenvalue weighted by atomic mass is 10.0. The Bertz CT molecular complexity index is 576. The second-order valence-corrected chi connectivity index (χ2v) is 12.0. The molecule has 0 atom stereocenters. The van der Waals surface area contributed by atoms with Gasteiger partial charge in [0.05, 0.1) is 13.1 Å². The molecule has 0 aliphatic heterocycles. The second-order valence-electron chi connectivity index (χ2n) is 12.0. The van der Waals surface area contributed by atoms with Crippen molar-refractivity contribution in [2.45, 2.75) is 207 Å².